The summed E-state index contributed by atoms with van der Waals surface area (Å²) >= 11 is 1.36. The summed E-state index contributed by atoms with van der Waals surface area (Å²) in [6.45, 7) is 0.451. The predicted octanol–water partition coefficient (Wildman–Crippen LogP) is 0.140. The van der Waals surface area contributed by atoms with Crippen molar-refractivity contribution in [2.24, 2.45) is 0 Å². The molecule has 0 spiro atoms. The van der Waals surface area contributed by atoms with E-state index in [4.69, 9.17) is 0 Å². The number of nitrogens with one attached hydrogen (secondary N) is 2. The van der Waals surface area contributed by atoms with Crippen LogP contribution in [0.3, 0.4) is 0 Å². The second-order valence-electron chi connectivity index (χ2n) is 4.28. The number of carbonyl (C=O) groups excluding carboxylic acids is 1. The van der Waals surface area contributed by atoms with E-state index in [9.17, 15) is 4.79 Å². The van der Waals surface area contributed by atoms with E-state index in [2.05, 4.69) is 30.8 Å². The van der Waals surface area contributed by atoms with Crippen LogP contribution in [0.15, 0.2) is 17.7 Å². The molecule has 0 aromatic carbocycles. The average molecular weight is 279 g/mol. The molecule has 1 fully saturated rings. The topological polar surface area (TPSA) is 101 Å². The van der Waals surface area contributed by atoms with E-state index in [0.717, 1.165) is 18.5 Å². The van der Waals surface area contributed by atoms with Gasteiger partial charge in [0.25, 0.3) is 0 Å². The first-order valence-electron chi connectivity index (χ1n) is 5.97. The fraction of sp³-hybridized carbons (Fsp3) is 0.500. The van der Waals surface area contributed by atoms with Gasteiger partial charge in [-0.25, -0.2) is 9.67 Å². The Morgan fingerprint density at radius 1 is 1.58 bits per heavy atom. The maximum Gasteiger partial charge on any atom is 0.230 e. The molecule has 0 bridgehead atoms. The Kier molecular flexibility index (Phi) is 3.45. The normalized spacial score (nSPS) is 14.5. The molecule has 0 aliphatic heterocycles. The van der Waals surface area contributed by atoms with Crippen molar-refractivity contribution in [2.45, 2.75) is 30.6 Å². The molecule has 2 aromatic rings. The lowest BCUT2D eigenvalue weighted by Gasteiger charge is -2.03. The van der Waals surface area contributed by atoms with Gasteiger partial charge in [-0.3, -0.25) is 4.79 Å². The van der Waals surface area contributed by atoms with Crippen molar-refractivity contribution in [1.29, 1.82) is 0 Å². The Morgan fingerprint density at radius 3 is 3.21 bits per heavy atom. The Bertz CT molecular complexity index is 548. The smallest absolute Gasteiger partial charge is 0.230 e. The fourth-order valence-corrected chi connectivity index (χ4v) is 2.36. The highest BCUT2D eigenvalue weighted by Gasteiger charge is 2.28. The standard InChI is InChI=1S/C10H13N7OS/c18-9(12-4-7-3-11-6-13-7)5-19-10-14-15-16-17(10)8-1-2-8/h3,6,8H,1-2,4-5H2,(H,11,13)(H,12,18). The number of carbonyl (C=O) groups is 1. The van der Waals surface area contributed by atoms with Gasteiger partial charge in [0.1, 0.15) is 0 Å². The van der Waals surface area contributed by atoms with E-state index in [1.54, 1.807) is 17.2 Å². The Balaban J connectivity index is 1.46. The van der Waals surface area contributed by atoms with Crippen LogP contribution in [-0.4, -0.2) is 41.8 Å². The summed E-state index contributed by atoms with van der Waals surface area (Å²) in [5.41, 5.74) is 0.876. The van der Waals surface area contributed by atoms with Crippen molar-refractivity contribution in [3.8, 4) is 0 Å². The lowest BCUT2D eigenvalue weighted by molar-refractivity contribution is -0.118. The van der Waals surface area contributed by atoms with E-state index in [0.29, 0.717) is 23.5 Å². The fourth-order valence-electron chi connectivity index (χ4n) is 1.59. The SMILES string of the molecule is O=C(CSc1nnnn1C1CC1)NCc1cnc[nH]1. The summed E-state index contributed by atoms with van der Waals surface area (Å²) in [6.07, 6.45) is 5.50. The minimum Gasteiger partial charge on any atom is -0.350 e. The maximum atomic E-state index is 11.7. The van der Waals surface area contributed by atoms with Crippen LogP contribution >= 0.6 is 11.8 Å². The van der Waals surface area contributed by atoms with Crippen LogP contribution in [0.1, 0.15) is 24.6 Å². The molecule has 1 aliphatic rings. The molecule has 9 heteroatoms. The van der Waals surface area contributed by atoms with Gasteiger partial charge in [-0.05, 0) is 23.3 Å². The van der Waals surface area contributed by atoms with Crippen molar-refractivity contribution in [2.75, 3.05) is 5.75 Å². The summed E-state index contributed by atoms with van der Waals surface area (Å²) in [6, 6.07) is 0.422. The van der Waals surface area contributed by atoms with Crippen LogP contribution in [0.25, 0.3) is 0 Å². The number of aromatic amines is 1. The molecule has 1 amide bonds. The Hall–Kier alpha value is -1.90. The molecule has 0 saturated heterocycles. The van der Waals surface area contributed by atoms with Gasteiger partial charge in [0.15, 0.2) is 0 Å². The first-order chi connectivity index (χ1) is 9.33. The average Bonchev–Trinajstić information content (AvgIpc) is 2.94. The molecule has 2 heterocycles. The lowest BCUT2D eigenvalue weighted by atomic mass is 10.5. The molecular weight excluding hydrogens is 266 g/mol. The number of amides is 1. The summed E-state index contributed by atoms with van der Waals surface area (Å²) < 4.78 is 1.80. The molecule has 0 unspecified atom stereocenters. The molecule has 8 nitrogen and oxygen atoms in total. The highest BCUT2D eigenvalue weighted by atomic mass is 32.2. The molecule has 0 radical (unpaired) electrons. The van der Waals surface area contributed by atoms with Gasteiger partial charge in [-0.1, -0.05) is 11.8 Å². The Morgan fingerprint density at radius 2 is 2.47 bits per heavy atom. The molecule has 1 aliphatic carbocycles. The van der Waals surface area contributed by atoms with E-state index >= 15 is 0 Å². The molecular formula is C10H13N7OS. The van der Waals surface area contributed by atoms with Crippen molar-refractivity contribution in [3.05, 3.63) is 18.2 Å². The van der Waals surface area contributed by atoms with Crippen LogP contribution in [0, 0.1) is 0 Å². The summed E-state index contributed by atoms with van der Waals surface area (Å²) in [4.78, 5) is 18.5. The number of nitrogens with zero attached hydrogens (tertiary/aromatic N) is 5. The number of H-pyrrole nitrogens is 1. The van der Waals surface area contributed by atoms with Crippen molar-refractivity contribution >= 4 is 17.7 Å². The van der Waals surface area contributed by atoms with Crippen LogP contribution in [0.2, 0.25) is 0 Å². The number of tetrazole rings is 1. The van der Waals surface area contributed by atoms with Gasteiger partial charge in [-0.15, -0.1) is 5.10 Å². The lowest BCUT2D eigenvalue weighted by Crippen LogP contribution is -2.24. The third-order valence-corrected chi connectivity index (χ3v) is 3.65. The van der Waals surface area contributed by atoms with Crippen LogP contribution in [-0.2, 0) is 11.3 Å². The molecule has 1 saturated carbocycles. The monoisotopic (exact) mass is 279 g/mol. The van der Waals surface area contributed by atoms with E-state index in [-0.39, 0.29) is 5.91 Å². The molecule has 0 atom stereocenters. The summed E-state index contributed by atoms with van der Waals surface area (Å²) in [5, 5.41) is 15.0. The van der Waals surface area contributed by atoms with Crippen molar-refractivity contribution in [3.63, 3.8) is 0 Å². The van der Waals surface area contributed by atoms with E-state index in [1.165, 1.54) is 11.8 Å². The first kappa shape index (κ1) is 12.2. The quantitative estimate of drug-likeness (QED) is 0.729. The number of rotatable bonds is 6. The zero-order chi connectivity index (χ0) is 13.1. The van der Waals surface area contributed by atoms with Gasteiger partial charge < -0.3 is 10.3 Å². The first-order valence-corrected chi connectivity index (χ1v) is 6.96. The van der Waals surface area contributed by atoms with E-state index < -0.39 is 0 Å². The third-order valence-electron chi connectivity index (χ3n) is 2.72. The highest BCUT2D eigenvalue weighted by Crippen LogP contribution is 2.36. The minimum absolute atomic E-state index is 0.0510. The summed E-state index contributed by atoms with van der Waals surface area (Å²) in [5.74, 6) is 0.256. The second kappa shape index (κ2) is 5.39. The van der Waals surface area contributed by atoms with Gasteiger partial charge in [-0.2, -0.15) is 0 Å². The van der Waals surface area contributed by atoms with Crippen LogP contribution in [0.4, 0.5) is 0 Å². The van der Waals surface area contributed by atoms with Gasteiger partial charge >= 0.3 is 0 Å². The van der Waals surface area contributed by atoms with E-state index in [1.807, 2.05) is 0 Å². The van der Waals surface area contributed by atoms with Gasteiger partial charge in [0.05, 0.1) is 30.4 Å². The largest absolute Gasteiger partial charge is 0.350 e. The van der Waals surface area contributed by atoms with Crippen LogP contribution in [0.5, 0.6) is 0 Å². The molecule has 3 rings (SSSR count). The number of aromatic nitrogens is 6. The number of thioether (sulfide) groups is 1. The van der Waals surface area contributed by atoms with Crippen LogP contribution < -0.4 is 5.32 Å². The Labute approximate surface area is 113 Å². The van der Waals surface area contributed by atoms with Gasteiger partial charge in [0.2, 0.25) is 11.1 Å². The second-order valence-corrected chi connectivity index (χ2v) is 5.22. The predicted molar refractivity (Wildman–Crippen MR) is 67.2 cm³/mol. The van der Waals surface area contributed by atoms with Crippen molar-refractivity contribution < 1.29 is 4.79 Å². The molecule has 2 N–H and O–H groups in total. The maximum absolute atomic E-state index is 11.7. The molecule has 19 heavy (non-hydrogen) atoms. The van der Waals surface area contributed by atoms with Gasteiger partial charge in [0, 0.05) is 6.20 Å². The number of hydrogen-bond acceptors (Lipinski definition) is 6. The highest BCUT2D eigenvalue weighted by molar-refractivity contribution is 7.99. The number of hydrogen-bond donors (Lipinski definition) is 2. The molecule has 2 aromatic heterocycles. The third kappa shape index (κ3) is 3.11. The zero-order valence-corrected chi connectivity index (χ0v) is 10.9. The number of imidazole rings is 1. The summed E-state index contributed by atoms with van der Waals surface area (Å²) in [7, 11) is 0. The zero-order valence-electron chi connectivity index (χ0n) is 10.1. The minimum atomic E-state index is -0.0510. The van der Waals surface area contributed by atoms with Crippen molar-refractivity contribution in [1.82, 2.24) is 35.5 Å². The molecule has 100 valence electrons.